The average Bonchev–Trinajstić information content (AvgIpc) is 2.64. The van der Waals surface area contributed by atoms with Crippen molar-refractivity contribution in [2.45, 2.75) is 64.1 Å². The Kier molecular flexibility index (Phi) is 5.46. The summed E-state index contributed by atoms with van der Waals surface area (Å²) in [5.41, 5.74) is 0. The molecule has 1 aliphatic heterocycles. The molecule has 3 heteroatoms. The number of methoxy groups -OCH3 is 1. The van der Waals surface area contributed by atoms with Crippen LogP contribution in [0.4, 0.5) is 0 Å². The van der Waals surface area contributed by atoms with E-state index in [9.17, 15) is 0 Å². The Balaban J connectivity index is 1.93. The van der Waals surface area contributed by atoms with E-state index >= 15 is 0 Å². The summed E-state index contributed by atoms with van der Waals surface area (Å²) in [6.07, 6.45) is 6.98. The first-order chi connectivity index (χ1) is 8.70. The van der Waals surface area contributed by atoms with E-state index in [0.29, 0.717) is 12.1 Å². The summed E-state index contributed by atoms with van der Waals surface area (Å²) >= 11 is 0. The van der Waals surface area contributed by atoms with Gasteiger partial charge in [0, 0.05) is 25.7 Å². The maximum Gasteiger partial charge on any atom is 0.0586 e. The average molecular weight is 254 g/mol. The summed E-state index contributed by atoms with van der Waals surface area (Å²) in [5, 5.41) is 3.70. The van der Waals surface area contributed by atoms with Crippen molar-refractivity contribution in [3.63, 3.8) is 0 Å². The largest absolute Gasteiger partial charge is 0.381 e. The Morgan fingerprint density at radius 3 is 2.78 bits per heavy atom. The molecular weight excluding hydrogens is 224 g/mol. The van der Waals surface area contributed by atoms with E-state index < -0.39 is 0 Å². The fraction of sp³-hybridized carbons (Fsp3) is 1.00. The zero-order chi connectivity index (χ0) is 13.0. The minimum Gasteiger partial charge on any atom is -0.381 e. The molecule has 106 valence electrons. The maximum absolute atomic E-state index is 5.58. The summed E-state index contributed by atoms with van der Waals surface area (Å²) in [6.45, 7) is 8.33. The third-order valence-electron chi connectivity index (χ3n) is 4.71. The van der Waals surface area contributed by atoms with Crippen LogP contribution in [-0.2, 0) is 4.74 Å². The first-order valence-electron chi connectivity index (χ1n) is 7.71. The fourth-order valence-corrected chi connectivity index (χ4v) is 3.42. The molecule has 2 aliphatic rings. The Bertz CT molecular complexity index is 245. The highest BCUT2D eigenvalue weighted by molar-refractivity contribution is 4.86. The normalized spacial score (nSPS) is 35.7. The van der Waals surface area contributed by atoms with Crippen molar-refractivity contribution in [3.05, 3.63) is 0 Å². The van der Waals surface area contributed by atoms with Crippen LogP contribution in [0.1, 0.15) is 46.0 Å². The van der Waals surface area contributed by atoms with Gasteiger partial charge in [0.15, 0.2) is 0 Å². The van der Waals surface area contributed by atoms with Gasteiger partial charge < -0.3 is 10.1 Å². The van der Waals surface area contributed by atoms with Crippen LogP contribution in [0.25, 0.3) is 0 Å². The molecule has 1 aliphatic carbocycles. The molecule has 0 aromatic carbocycles. The third-order valence-corrected chi connectivity index (χ3v) is 4.71. The van der Waals surface area contributed by atoms with Crippen molar-refractivity contribution in [2.24, 2.45) is 5.92 Å². The summed E-state index contributed by atoms with van der Waals surface area (Å²) in [5.74, 6) is 0.729. The van der Waals surface area contributed by atoms with Crippen molar-refractivity contribution in [2.75, 3.05) is 26.7 Å². The highest BCUT2D eigenvalue weighted by Crippen LogP contribution is 2.26. The fourth-order valence-electron chi connectivity index (χ4n) is 3.42. The smallest absolute Gasteiger partial charge is 0.0586 e. The first-order valence-corrected chi connectivity index (χ1v) is 7.71. The van der Waals surface area contributed by atoms with Crippen molar-refractivity contribution in [1.29, 1.82) is 0 Å². The molecule has 0 spiro atoms. The van der Waals surface area contributed by atoms with Gasteiger partial charge in [0.2, 0.25) is 0 Å². The molecule has 0 aromatic heterocycles. The van der Waals surface area contributed by atoms with Crippen LogP contribution in [0.5, 0.6) is 0 Å². The predicted octanol–water partition coefficient (Wildman–Crippen LogP) is 2.26. The maximum atomic E-state index is 5.58. The minimum atomic E-state index is 0.498. The second-order valence-electron chi connectivity index (χ2n) is 6.33. The lowest BCUT2D eigenvalue weighted by Crippen LogP contribution is -2.47. The molecule has 2 fully saturated rings. The Morgan fingerprint density at radius 1 is 1.22 bits per heavy atom. The number of nitrogens with one attached hydrogen (secondary N) is 1. The monoisotopic (exact) mass is 254 g/mol. The van der Waals surface area contributed by atoms with Crippen LogP contribution >= 0.6 is 0 Å². The molecule has 1 N–H and O–H groups in total. The highest BCUT2D eigenvalue weighted by Gasteiger charge is 2.29. The molecule has 1 saturated heterocycles. The molecule has 3 unspecified atom stereocenters. The number of hydrogen-bond acceptors (Lipinski definition) is 3. The molecule has 1 heterocycles. The topological polar surface area (TPSA) is 24.5 Å². The van der Waals surface area contributed by atoms with E-state index in [1.807, 2.05) is 7.11 Å². The molecule has 0 amide bonds. The van der Waals surface area contributed by atoms with Gasteiger partial charge in [-0.3, -0.25) is 4.90 Å². The summed E-state index contributed by atoms with van der Waals surface area (Å²) < 4.78 is 5.58. The highest BCUT2D eigenvalue weighted by atomic mass is 16.5. The molecule has 3 atom stereocenters. The van der Waals surface area contributed by atoms with Gasteiger partial charge in [-0.25, -0.2) is 0 Å². The van der Waals surface area contributed by atoms with Crippen molar-refractivity contribution in [3.8, 4) is 0 Å². The quantitative estimate of drug-likeness (QED) is 0.836. The van der Waals surface area contributed by atoms with E-state index in [2.05, 4.69) is 24.1 Å². The van der Waals surface area contributed by atoms with Crippen LogP contribution in [0.2, 0.25) is 0 Å². The molecular formula is C15H30N2O. The van der Waals surface area contributed by atoms with Gasteiger partial charge >= 0.3 is 0 Å². The van der Waals surface area contributed by atoms with E-state index in [-0.39, 0.29) is 0 Å². The van der Waals surface area contributed by atoms with Gasteiger partial charge in [0.05, 0.1) is 6.10 Å². The summed E-state index contributed by atoms with van der Waals surface area (Å²) in [4.78, 5) is 2.73. The second-order valence-corrected chi connectivity index (χ2v) is 6.33. The van der Waals surface area contributed by atoms with Gasteiger partial charge in [-0.1, -0.05) is 13.8 Å². The van der Waals surface area contributed by atoms with E-state index in [1.54, 1.807) is 0 Å². The zero-order valence-corrected chi connectivity index (χ0v) is 12.3. The number of nitrogens with zero attached hydrogens (tertiary/aromatic N) is 1. The Labute approximate surface area is 112 Å². The molecule has 0 bridgehead atoms. The SMILES string of the molecule is COC1CCCC(N2CCCNC(C(C)C)C2)C1. The lowest BCUT2D eigenvalue weighted by molar-refractivity contribution is 0.0263. The number of hydrogen-bond donors (Lipinski definition) is 1. The van der Waals surface area contributed by atoms with Gasteiger partial charge in [-0.2, -0.15) is 0 Å². The summed E-state index contributed by atoms with van der Waals surface area (Å²) in [6, 6.07) is 1.42. The van der Waals surface area contributed by atoms with E-state index in [0.717, 1.165) is 12.0 Å². The number of rotatable bonds is 3. The van der Waals surface area contributed by atoms with Crippen molar-refractivity contribution >= 4 is 0 Å². The van der Waals surface area contributed by atoms with Gasteiger partial charge in [0.25, 0.3) is 0 Å². The van der Waals surface area contributed by atoms with Crippen LogP contribution in [0.3, 0.4) is 0 Å². The summed E-state index contributed by atoms with van der Waals surface area (Å²) in [7, 11) is 1.87. The zero-order valence-electron chi connectivity index (χ0n) is 12.3. The first kappa shape index (κ1) is 14.3. The van der Waals surface area contributed by atoms with Crippen molar-refractivity contribution in [1.82, 2.24) is 10.2 Å². The van der Waals surface area contributed by atoms with Crippen LogP contribution in [0, 0.1) is 5.92 Å². The Hall–Kier alpha value is -0.120. The molecule has 0 aromatic rings. The predicted molar refractivity (Wildman–Crippen MR) is 75.9 cm³/mol. The lowest BCUT2D eigenvalue weighted by atomic mass is 9.91. The molecule has 3 nitrogen and oxygen atoms in total. The molecule has 18 heavy (non-hydrogen) atoms. The van der Waals surface area contributed by atoms with E-state index in [4.69, 9.17) is 4.74 Å². The van der Waals surface area contributed by atoms with Gasteiger partial charge in [-0.05, 0) is 51.1 Å². The van der Waals surface area contributed by atoms with Crippen LogP contribution in [-0.4, -0.2) is 49.8 Å². The van der Waals surface area contributed by atoms with Crippen molar-refractivity contribution < 1.29 is 4.74 Å². The van der Waals surface area contributed by atoms with Gasteiger partial charge in [-0.15, -0.1) is 0 Å². The third kappa shape index (κ3) is 3.69. The second kappa shape index (κ2) is 6.88. The standard InChI is InChI=1S/C15H30N2O/c1-12(2)15-11-17(9-5-8-16-15)13-6-4-7-14(10-13)18-3/h12-16H,4-11H2,1-3H3. The molecule has 0 radical (unpaired) electrons. The molecule has 2 rings (SSSR count). The van der Waals surface area contributed by atoms with Crippen LogP contribution in [0.15, 0.2) is 0 Å². The minimum absolute atomic E-state index is 0.498. The molecule has 1 saturated carbocycles. The van der Waals surface area contributed by atoms with Crippen LogP contribution < -0.4 is 5.32 Å². The number of ether oxygens (including phenoxy) is 1. The van der Waals surface area contributed by atoms with E-state index in [1.165, 1.54) is 51.7 Å². The lowest BCUT2D eigenvalue weighted by Gasteiger charge is -2.38. The van der Waals surface area contributed by atoms with Gasteiger partial charge in [0.1, 0.15) is 0 Å². The Morgan fingerprint density at radius 2 is 2.06 bits per heavy atom.